The van der Waals surface area contributed by atoms with Crippen molar-refractivity contribution in [1.29, 1.82) is 0 Å². The molecule has 5 nitrogen and oxygen atoms in total. The smallest absolute Gasteiger partial charge is 0.319 e. The molecule has 0 aliphatic carbocycles. The van der Waals surface area contributed by atoms with Crippen molar-refractivity contribution in [3.05, 3.63) is 23.8 Å². The molecule has 1 aliphatic rings. The summed E-state index contributed by atoms with van der Waals surface area (Å²) in [5, 5.41) is 15.1. The highest BCUT2D eigenvalue weighted by Crippen LogP contribution is 2.29. The maximum atomic E-state index is 14.2. The molecule has 0 bridgehead atoms. The molecule has 0 aromatic heterocycles. The Balaban J connectivity index is 2.01. The quantitative estimate of drug-likeness (QED) is 0.744. The van der Waals surface area contributed by atoms with E-state index in [4.69, 9.17) is 0 Å². The van der Waals surface area contributed by atoms with Crippen LogP contribution < -0.4 is 15.5 Å². The monoisotopic (exact) mass is 341 g/mol. The van der Waals surface area contributed by atoms with Gasteiger partial charge in [0, 0.05) is 25.3 Å². The van der Waals surface area contributed by atoms with E-state index in [2.05, 4.69) is 10.6 Å². The minimum atomic E-state index is -0.979. The van der Waals surface area contributed by atoms with E-state index in [1.165, 1.54) is 0 Å². The van der Waals surface area contributed by atoms with Gasteiger partial charge >= 0.3 is 6.03 Å². The van der Waals surface area contributed by atoms with Gasteiger partial charge in [0.2, 0.25) is 0 Å². The molecule has 1 fully saturated rings. The van der Waals surface area contributed by atoms with Crippen molar-refractivity contribution in [1.82, 2.24) is 5.32 Å². The Bertz CT molecular complexity index is 562. The average Bonchev–Trinajstić information content (AvgIpc) is 3.06. The van der Waals surface area contributed by atoms with Crippen molar-refractivity contribution in [3.8, 4) is 0 Å². The van der Waals surface area contributed by atoms with E-state index in [0.29, 0.717) is 25.9 Å². The van der Waals surface area contributed by atoms with Gasteiger partial charge in [0.1, 0.15) is 5.69 Å². The molecule has 7 heteroatoms. The Morgan fingerprint density at radius 2 is 1.75 bits per heavy atom. The zero-order valence-electron chi connectivity index (χ0n) is 14.2. The molecular formula is C17H25F2N3O2. The number of carbonyl (C=O) groups is 1. The van der Waals surface area contributed by atoms with Crippen LogP contribution in [0.15, 0.2) is 12.1 Å². The molecule has 1 aromatic carbocycles. The van der Waals surface area contributed by atoms with Crippen LogP contribution in [0.25, 0.3) is 0 Å². The van der Waals surface area contributed by atoms with Crippen LogP contribution in [0.3, 0.4) is 0 Å². The van der Waals surface area contributed by atoms with Gasteiger partial charge in [-0.15, -0.1) is 0 Å². The first-order valence-corrected chi connectivity index (χ1v) is 8.39. The highest BCUT2D eigenvalue weighted by molar-refractivity contribution is 5.89. The lowest BCUT2D eigenvalue weighted by Gasteiger charge is -2.25. The second kappa shape index (κ2) is 7.79. The number of anilines is 2. The van der Waals surface area contributed by atoms with Crippen LogP contribution in [-0.2, 0) is 0 Å². The van der Waals surface area contributed by atoms with Gasteiger partial charge in [-0.25, -0.2) is 13.6 Å². The van der Waals surface area contributed by atoms with Gasteiger partial charge in [-0.05, 0) is 37.8 Å². The van der Waals surface area contributed by atoms with Crippen LogP contribution in [0, 0.1) is 11.6 Å². The number of halogens is 2. The first-order valence-electron chi connectivity index (χ1n) is 8.39. The van der Waals surface area contributed by atoms with E-state index in [-0.39, 0.29) is 17.9 Å². The molecule has 0 saturated carbocycles. The summed E-state index contributed by atoms with van der Waals surface area (Å²) in [5.41, 5.74) is -0.972. The second-order valence-electron chi connectivity index (χ2n) is 6.22. The zero-order chi connectivity index (χ0) is 17.7. The zero-order valence-corrected chi connectivity index (χ0v) is 14.2. The van der Waals surface area contributed by atoms with E-state index in [9.17, 15) is 18.7 Å². The number of urea groups is 1. The molecule has 3 N–H and O–H groups in total. The van der Waals surface area contributed by atoms with Crippen LogP contribution in [0.4, 0.5) is 25.0 Å². The van der Waals surface area contributed by atoms with E-state index in [1.807, 2.05) is 13.8 Å². The third kappa shape index (κ3) is 4.35. The van der Waals surface area contributed by atoms with Gasteiger partial charge in [-0.3, -0.25) is 0 Å². The molecular weight excluding hydrogens is 316 g/mol. The molecule has 2 rings (SSSR count). The standard InChI is InChI=1S/C17H25F2N3O2/c1-3-17(24,4-2)11-20-16(23)21-12-9-13(18)15(14(19)10-12)22-7-5-6-8-22/h9-10,24H,3-8,11H2,1-2H3,(H2,20,21,23). The summed E-state index contributed by atoms with van der Waals surface area (Å²) in [4.78, 5) is 13.5. The molecule has 1 saturated heterocycles. The van der Waals surface area contributed by atoms with Gasteiger partial charge in [0.25, 0.3) is 0 Å². The van der Waals surface area contributed by atoms with Gasteiger partial charge < -0.3 is 20.6 Å². The van der Waals surface area contributed by atoms with Crippen LogP contribution >= 0.6 is 0 Å². The van der Waals surface area contributed by atoms with Crippen molar-refractivity contribution in [3.63, 3.8) is 0 Å². The second-order valence-corrected chi connectivity index (χ2v) is 6.22. The summed E-state index contributed by atoms with van der Waals surface area (Å²) in [6, 6.07) is 1.62. The van der Waals surface area contributed by atoms with Crippen LogP contribution in [0.5, 0.6) is 0 Å². The Morgan fingerprint density at radius 1 is 1.21 bits per heavy atom. The fourth-order valence-corrected chi connectivity index (χ4v) is 2.80. The maximum absolute atomic E-state index is 14.2. The van der Waals surface area contributed by atoms with E-state index < -0.39 is 23.3 Å². The van der Waals surface area contributed by atoms with Crippen LogP contribution in [0.2, 0.25) is 0 Å². The number of hydrogen-bond donors (Lipinski definition) is 3. The number of carbonyl (C=O) groups excluding carboxylic acids is 1. The Morgan fingerprint density at radius 3 is 2.25 bits per heavy atom. The Kier molecular flexibility index (Phi) is 5.99. The van der Waals surface area contributed by atoms with Crippen molar-refractivity contribution in [2.24, 2.45) is 0 Å². The lowest BCUT2D eigenvalue weighted by Crippen LogP contribution is -2.43. The molecule has 1 aliphatic heterocycles. The number of hydrogen-bond acceptors (Lipinski definition) is 3. The van der Waals surface area contributed by atoms with Crippen LogP contribution in [-0.4, -0.2) is 36.4 Å². The predicted octanol–water partition coefficient (Wildman–Crippen LogP) is 3.24. The van der Waals surface area contributed by atoms with E-state index >= 15 is 0 Å². The lowest BCUT2D eigenvalue weighted by molar-refractivity contribution is 0.0354. The summed E-state index contributed by atoms with van der Waals surface area (Å²) in [6.45, 7) is 4.99. The number of amides is 2. The number of benzene rings is 1. The topological polar surface area (TPSA) is 64.6 Å². The Hall–Kier alpha value is -1.89. The summed E-state index contributed by atoms with van der Waals surface area (Å²) >= 11 is 0. The molecule has 0 radical (unpaired) electrons. The lowest BCUT2D eigenvalue weighted by atomic mass is 9.98. The number of nitrogens with zero attached hydrogens (tertiary/aromatic N) is 1. The summed E-state index contributed by atoms with van der Waals surface area (Å²) < 4.78 is 28.4. The fraction of sp³-hybridized carbons (Fsp3) is 0.588. The van der Waals surface area contributed by atoms with Gasteiger partial charge in [0.05, 0.1) is 5.60 Å². The largest absolute Gasteiger partial charge is 0.388 e. The first kappa shape index (κ1) is 18.4. The molecule has 24 heavy (non-hydrogen) atoms. The Labute approximate surface area is 141 Å². The average molecular weight is 341 g/mol. The normalized spacial score (nSPS) is 14.8. The minimum absolute atomic E-state index is 0.0372. The number of nitrogens with one attached hydrogen (secondary N) is 2. The van der Waals surface area contributed by atoms with Gasteiger partial charge in [-0.2, -0.15) is 0 Å². The molecule has 0 atom stereocenters. The van der Waals surface area contributed by atoms with Crippen molar-refractivity contribution in [2.45, 2.75) is 45.1 Å². The number of aliphatic hydroxyl groups is 1. The van der Waals surface area contributed by atoms with Crippen LogP contribution in [0.1, 0.15) is 39.5 Å². The molecule has 2 amide bonds. The molecule has 0 spiro atoms. The predicted molar refractivity (Wildman–Crippen MR) is 90.4 cm³/mol. The van der Waals surface area contributed by atoms with Gasteiger partial charge in [-0.1, -0.05) is 13.8 Å². The molecule has 1 heterocycles. The summed E-state index contributed by atoms with van der Waals surface area (Å²) in [6.07, 6.45) is 2.83. The molecule has 134 valence electrons. The molecule has 0 unspecified atom stereocenters. The van der Waals surface area contributed by atoms with Gasteiger partial charge in [0.15, 0.2) is 11.6 Å². The number of rotatable bonds is 6. The highest BCUT2D eigenvalue weighted by atomic mass is 19.1. The first-order chi connectivity index (χ1) is 11.4. The highest BCUT2D eigenvalue weighted by Gasteiger charge is 2.24. The maximum Gasteiger partial charge on any atom is 0.319 e. The van der Waals surface area contributed by atoms with Crippen molar-refractivity contribution >= 4 is 17.4 Å². The molecule has 1 aromatic rings. The fourth-order valence-electron chi connectivity index (χ4n) is 2.80. The van der Waals surface area contributed by atoms with E-state index in [1.54, 1.807) is 4.90 Å². The third-order valence-corrected chi connectivity index (χ3v) is 4.59. The third-order valence-electron chi connectivity index (χ3n) is 4.59. The van der Waals surface area contributed by atoms with E-state index in [0.717, 1.165) is 25.0 Å². The SMILES string of the molecule is CCC(O)(CC)CNC(=O)Nc1cc(F)c(N2CCCC2)c(F)c1. The minimum Gasteiger partial charge on any atom is -0.388 e. The van der Waals surface area contributed by atoms with Crippen molar-refractivity contribution < 1.29 is 18.7 Å². The summed E-state index contributed by atoms with van der Waals surface area (Å²) in [5.74, 6) is -1.38. The summed E-state index contributed by atoms with van der Waals surface area (Å²) in [7, 11) is 0. The van der Waals surface area contributed by atoms with Crippen molar-refractivity contribution in [2.75, 3.05) is 29.9 Å².